The van der Waals surface area contributed by atoms with Crippen LogP contribution >= 0.6 is 0 Å². The summed E-state index contributed by atoms with van der Waals surface area (Å²) >= 11 is 0. The van der Waals surface area contributed by atoms with Crippen LogP contribution in [0.1, 0.15) is 11.1 Å². The summed E-state index contributed by atoms with van der Waals surface area (Å²) in [5.74, 6) is 0.124. The Bertz CT molecular complexity index is 450. The van der Waals surface area contributed by atoms with Crippen LogP contribution in [0.2, 0.25) is 0 Å². The van der Waals surface area contributed by atoms with Gasteiger partial charge in [-0.15, -0.1) is 0 Å². The molecule has 0 atom stereocenters. The predicted molar refractivity (Wildman–Crippen MR) is 53.6 cm³/mol. The Kier molecular flexibility index (Phi) is 1.73. The van der Waals surface area contributed by atoms with Crippen molar-refractivity contribution in [2.75, 3.05) is 0 Å². The van der Waals surface area contributed by atoms with E-state index in [0.29, 0.717) is 0 Å². The van der Waals surface area contributed by atoms with E-state index in [9.17, 15) is 5.11 Å². The Labute approximate surface area is 77.6 Å². The molecule has 65 valence electrons. The van der Waals surface area contributed by atoms with Crippen LogP contribution in [-0.4, -0.2) is 0 Å². The van der Waals surface area contributed by atoms with Crippen molar-refractivity contribution in [3.05, 3.63) is 41.5 Å². The summed E-state index contributed by atoms with van der Waals surface area (Å²) in [5.41, 5.74) is 2.23. The van der Waals surface area contributed by atoms with Crippen molar-refractivity contribution >= 4 is 10.8 Å². The number of hydrogen-bond acceptors (Lipinski definition) is 0. The first kappa shape index (κ1) is 8.11. The van der Waals surface area contributed by atoms with Crippen LogP contribution in [0.5, 0.6) is 5.75 Å². The van der Waals surface area contributed by atoms with Gasteiger partial charge in [0.1, 0.15) is 0 Å². The van der Waals surface area contributed by atoms with Crippen molar-refractivity contribution < 1.29 is 5.11 Å². The summed E-state index contributed by atoms with van der Waals surface area (Å²) < 4.78 is 0. The quantitative estimate of drug-likeness (QED) is 0.577. The van der Waals surface area contributed by atoms with Gasteiger partial charge in [0.15, 0.2) is 5.75 Å². The lowest BCUT2D eigenvalue weighted by atomic mass is 10.0. The molecule has 0 aromatic heterocycles. The number of rotatable bonds is 0. The van der Waals surface area contributed by atoms with Gasteiger partial charge in [0, 0.05) is 5.39 Å². The molecule has 2 rings (SSSR count). The molecule has 0 aliphatic carbocycles. The van der Waals surface area contributed by atoms with Gasteiger partial charge in [0.25, 0.3) is 0 Å². The predicted octanol–water partition coefficient (Wildman–Crippen LogP) is 3.60. The third kappa shape index (κ3) is 1.17. The lowest BCUT2D eigenvalue weighted by Crippen LogP contribution is -1.81. The molecule has 13 heavy (non-hydrogen) atoms. The molecule has 0 bridgehead atoms. The first-order chi connectivity index (χ1) is 6.20. The Hall–Kier alpha value is -1.50. The van der Waals surface area contributed by atoms with E-state index in [1.54, 1.807) is 6.07 Å². The minimum absolute atomic E-state index is 0.124. The molecule has 0 spiro atoms. The normalized spacial score (nSPS) is 10.6. The van der Waals surface area contributed by atoms with E-state index < -0.39 is 0 Å². The van der Waals surface area contributed by atoms with Crippen molar-refractivity contribution in [3.63, 3.8) is 0 Å². The average Bonchev–Trinajstić information content (AvgIpc) is 2.12. The number of hydrogen-bond donors (Lipinski definition) is 0. The van der Waals surface area contributed by atoms with Gasteiger partial charge in [-0.2, -0.15) is 0 Å². The van der Waals surface area contributed by atoms with Gasteiger partial charge < -0.3 is 0 Å². The molecule has 1 radical (unpaired) electrons. The van der Waals surface area contributed by atoms with E-state index in [-0.39, 0.29) is 5.75 Å². The van der Waals surface area contributed by atoms with Crippen LogP contribution in [0.3, 0.4) is 0 Å². The topological polar surface area (TPSA) is 19.9 Å². The maximum absolute atomic E-state index is 11.6. The summed E-state index contributed by atoms with van der Waals surface area (Å²) in [6.07, 6.45) is 0. The second-order valence-corrected chi connectivity index (χ2v) is 3.38. The monoisotopic (exact) mass is 171 g/mol. The van der Waals surface area contributed by atoms with Crippen LogP contribution in [0.25, 0.3) is 10.8 Å². The molecule has 0 aliphatic heterocycles. The Morgan fingerprint density at radius 2 is 1.69 bits per heavy atom. The minimum Gasteiger partial charge on any atom is -0.289 e. The Morgan fingerprint density at radius 3 is 2.38 bits per heavy atom. The fraction of sp³-hybridized carbons (Fsp3) is 0.167. The van der Waals surface area contributed by atoms with Crippen LogP contribution in [0, 0.1) is 13.8 Å². The van der Waals surface area contributed by atoms with Crippen molar-refractivity contribution in [3.8, 4) is 5.75 Å². The highest BCUT2D eigenvalue weighted by Crippen LogP contribution is 2.30. The third-order valence-corrected chi connectivity index (χ3v) is 2.43. The highest BCUT2D eigenvalue weighted by atomic mass is 16.3. The van der Waals surface area contributed by atoms with Gasteiger partial charge in [-0.3, -0.25) is 5.11 Å². The molecular formula is C12H11O. The fourth-order valence-corrected chi connectivity index (χ4v) is 1.70. The third-order valence-electron chi connectivity index (χ3n) is 2.43. The molecule has 1 nitrogen and oxygen atoms in total. The molecule has 0 heterocycles. The van der Waals surface area contributed by atoms with E-state index in [4.69, 9.17) is 0 Å². The molecule has 0 aliphatic rings. The second-order valence-electron chi connectivity index (χ2n) is 3.38. The van der Waals surface area contributed by atoms with Gasteiger partial charge in [-0.25, -0.2) is 0 Å². The maximum Gasteiger partial charge on any atom is 0.186 e. The van der Waals surface area contributed by atoms with Crippen molar-refractivity contribution in [2.24, 2.45) is 0 Å². The van der Waals surface area contributed by atoms with Crippen LogP contribution < -0.4 is 0 Å². The molecule has 1 heteroatoms. The summed E-state index contributed by atoms with van der Waals surface area (Å²) in [4.78, 5) is 0. The second kappa shape index (κ2) is 2.77. The van der Waals surface area contributed by atoms with E-state index in [0.717, 1.165) is 16.3 Å². The molecule has 2 aromatic rings. The molecule has 0 amide bonds. The largest absolute Gasteiger partial charge is 0.289 e. The number of fused-ring (bicyclic) bond motifs is 1. The Morgan fingerprint density at radius 1 is 0.923 bits per heavy atom. The molecule has 0 N–H and O–H groups in total. The molecule has 0 saturated heterocycles. The highest BCUT2D eigenvalue weighted by Gasteiger charge is 2.05. The van der Waals surface area contributed by atoms with E-state index in [1.807, 2.05) is 38.1 Å². The zero-order valence-corrected chi connectivity index (χ0v) is 7.79. The molecule has 0 unspecified atom stereocenters. The van der Waals surface area contributed by atoms with E-state index in [1.165, 1.54) is 5.56 Å². The van der Waals surface area contributed by atoms with E-state index >= 15 is 0 Å². The van der Waals surface area contributed by atoms with Crippen molar-refractivity contribution in [1.82, 2.24) is 0 Å². The maximum atomic E-state index is 11.6. The van der Waals surface area contributed by atoms with Crippen LogP contribution in [-0.2, 0) is 5.11 Å². The average molecular weight is 171 g/mol. The molecular weight excluding hydrogens is 160 g/mol. The minimum atomic E-state index is 0.124. The van der Waals surface area contributed by atoms with Gasteiger partial charge in [0.2, 0.25) is 0 Å². The first-order valence-electron chi connectivity index (χ1n) is 4.36. The molecule has 2 aromatic carbocycles. The summed E-state index contributed by atoms with van der Waals surface area (Å²) in [5, 5.41) is 13.5. The van der Waals surface area contributed by atoms with E-state index in [2.05, 4.69) is 0 Å². The molecule has 0 fully saturated rings. The summed E-state index contributed by atoms with van der Waals surface area (Å²) in [7, 11) is 0. The Balaban J connectivity index is 3.00. The van der Waals surface area contributed by atoms with Gasteiger partial charge in [0.05, 0.1) is 0 Å². The standard InChI is InChI=1S/C12H11O/c1-8-6-7-11(13)12-9(2)4-3-5-10(8)12/h3-7H,1-2H3. The van der Waals surface area contributed by atoms with Gasteiger partial charge in [-0.05, 0) is 36.4 Å². The lowest BCUT2D eigenvalue weighted by molar-refractivity contribution is 0.360. The highest BCUT2D eigenvalue weighted by molar-refractivity contribution is 5.93. The van der Waals surface area contributed by atoms with Crippen LogP contribution in [0.15, 0.2) is 30.3 Å². The fourth-order valence-electron chi connectivity index (χ4n) is 1.70. The SMILES string of the molecule is Cc1ccc([O])c2c(C)cccc12. The zero-order valence-electron chi connectivity index (χ0n) is 7.79. The smallest absolute Gasteiger partial charge is 0.186 e. The van der Waals surface area contributed by atoms with Gasteiger partial charge >= 0.3 is 0 Å². The zero-order chi connectivity index (χ0) is 9.42. The lowest BCUT2D eigenvalue weighted by Gasteiger charge is -2.04. The van der Waals surface area contributed by atoms with Crippen LogP contribution in [0.4, 0.5) is 0 Å². The first-order valence-corrected chi connectivity index (χ1v) is 4.36. The summed E-state index contributed by atoms with van der Waals surface area (Å²) in [6, 6.07) is 9.49. The van der Waals surface area contributed by atoms with Crippen molar-refractivity contribution in [1.29, 1.82) is 0 Å². The van der Waals surface area contributed by atoms with Gasteiger partial charge in [-0.1, -0.05) is 24.3 Å². The number of aryl methyl sites for hydroxylation is 2. The summed E-state index contributed by atoms with van der Waals surface area (Å²) in [6.45, 7) is 4.00. The van der Waals surface area contributed by atoms with Crippen molar-refractivity contribution in [2.45, 2.75) is 13.8 Å². The molecule has 0 saturated carbocycles. The number of benzene rings is 2.